The minimum atomic E-state index is -0.437. The summed E-state index contributed by atoms with van der Waals surface area (Å²) in [5, 5.41) is 12.5. The topological polar surface area (TPSA) is 69.7 Å². The molecule has 0 unspecified atom stereocenters. The number of rotatable bonds is 4. The third-order valence-corrected chi connectivity index (χ3v) is 3.35. The highest BCUT2D eigenvalue weighted by molar-refractivity contribution is 7.15. The van der Waals surface area contributed by atoms with Gasteiger partial charge in [-0.2, -0.15) is 0 Å². The fraction of sp³-hybridized carbons (Fsp3) is 0.0833. The second-order valence-corrected chi connectivity index (χ2v) is 4.74. The first kappa shape index (κ1) is 11.7. The number of imidazole rings is 1. The standard InChI is InChI=1S/C12H9N3O3S/c16-15(17)10-1-3-11(4-2-10)18-8-9-7-14-5-6-19-12(14)13-9/h1-7H,8H2. The van der Waals surface area contributed by atoms with Gasteiger partial charge in [-0.3, -0.25) is 14.5 Å². The van der Waals surface area contributed by atoms with E-state index in [9.17, 15) is 10.1 Å². The van der Waals surface area contributed by atoms with Gasteiger partial charge in [-0.15, -0.1) is 11.3 Å². The number of nitro groups is 1. The van der Waals surface area contributed by atoms with Crippen molar-refractivity contribution in [1.29, 1.82) is 0 Å². The molecule has 0 N–H and O–H groups in total. The third-order valence-electron chi connectivity index (χ3n) is 2.58. The Morgan fingerprint density at radius 3 is 2.84 bits per heavy atom. The molecule has 0 aliphatic rings. The molecule has 0 amide bonds. The van der Waals surface area contributed by atoms with E-state index in [0.29, 0.717) is 12.4 Å². The van der Waals surface area contributed by atoms with Crippen molar-refractivity contribution in [2.24, 2.45) is 0 Å². The Morgan fingerprint density at radius 1 is 1.37 bits per heavy atom. The number of thiazole rings is 1. The maximum absolute atomic E-state index is 10.5. The summed E-state index contributed by atoms with van der Waals surface area (Å²) in [6, 6.07) is 6.00. The smallest absolute Gasteiger partial charge is 0.269 e. The van der Waals surface area contributed by atoms with Gasteiger partial charge < -0.3 is 4.74 Å². The Kier molecular flexibility index (Phi) is 2.88. The van der Waals surface area contributed by atoms with Gasteiger partial charge in [-0.05, 0) is 12.1 Å². The first-order chi connectivity index (χ1) is 9.22. The SMILES string of the molecule is O=[N+]([O-])c1ccc(OCc2cn3ccsc3n2)cc1. The van der Waals surface area contributed by atoms with Crippen LogP contribution in [0.25, 0.3) is 4.96 Å². The molecule has 0 aliphatic carbocycles. The highest BCUT2D eigenvalue weighted by Crippen LogP contribution is 2.19. The van der Waals surface area contributed by atoms with E-state index in [2.05, 4.69) is 4.98 Å². The van der Waals surface area contributed by atoms with E-state index in [1.54, 1.807) is 23.5 Å². The Balaban J connectivity index is 1.68. The molecule has 96 valence electrons. The number of ether oxygens (including phenoxy) is 1. The van der Waals surface area contributed by atoms with E-state index < -0.39 is 4.92 Å². The minimum Gasteiger partial charge on any atom is -0.487 e. The zero-order chi connectivity index (χ0) is 13.2. The number of nitrogens with zero attached hydrogens (tertiary/aromatic N) is 3. The highest BCUT2D eigenvalue weighted by atomic mass is 32.1. The molecular formula is C12H9N3O3S. The van der Waals surface area contributed by atoms with Gasteiger partial charge in [0, 0.05) is 29.9 Å². The molecule has 0 spiro atoms. The van der Waals surface area contributed by atoms with E-state index in [4.69, 9.17) is 4.74 Å². The molecule has 0 saturated carbocycles. The predicted molar refractivity (Wildman–Crippen MR) is 70.5 cm³/mol. The molecule has 2 heterocycles. The largest absolute Gasteiger partial charge is 0.487 e. The molecule has 19 heavy (non-hydrogen) atoms. The zero-order valence-corrected chi connectivity index (χ0v) is 10.5. The zero-order valence-electron chi connectivity index (χ0n) is 9.72. The van der Waals surface area contributed by atoms with Gasteiger partial charge in [-0.25, -0.2) is 4.98 Å². The monoisotopic (exact) mass is 275 g/mol. The average Bonchev–Trinajstić information content (AvgIpc) is 2.97. The van der Waals surface area contributed by atoms with Gasteiger partial charge >= 0.3 is 0 Å². The third kappa shape index (κ3) is 2.41. The molecule has 0 fully saturated rings. The van der Waals surface area contributed by atoms with Crippen LogP contribution in [0.15, 0.2) is 42.0 Å². The molecule has 6 nitrogen and oxygen atoms in total. The number of non-ortho nitro benzene ring substituents is 1. The Hall–Kier alpha value is -2.41. The van der Waals surface area contributed by atoms with E-state index in [0.717, 1.165) is 10.7 Å². The molecular weight excluding hydrogens is 266 g/mol. The molecule has 2 aromatic heterocycles. The lowest BCUT2D eigenvalue weighted by Crippen LogP contribution is -1.96. The highest BCUT2D eigenvalue weighted by Gasteiger charge is 2.06. The van der Waals surface area contributed by atoms with E-state index in [1.165, 1.54) is 12.1 Å². The summed E-state index contributed by atoms with van der Waals surface area (Å²) in [6.07, 6.45) is 3.83. The molecule has 3 aromatic rings. The van der Waals surface area contributed by atoms with Crippen LogP contribution >= 0.6 is 11.3 Å². The summed E-state index contributed by atoms with van der Waals surface area (Å²) in [7, 11) is 0. The van der Waals surface area contributed by atoms with Crippen LogP contribution in [-0.2, 0) is 6.61 Å². The summed E-state index contributed by atoms with van der Waals surface area (Å²) in [5.41, 5.74) is 0.875. The summed E-state index contributed by atoms with van der Waals surface area (Å²) in [5.74, 6) is 0.585. The van der Waals surface area contributed by atoms with Crippen LogP contribution in [0.2, 0.25) is 0 Å². The van der Waals surface area contributed by atoms with E-state index in [-0.39, 0.29) is 5.69 Å². The van der Waals surface area contributed by atoms with Gasteiger partial charge in [0.1, 0.15) is 12.4 Å². The lowest BCUT2D eigenvalue weighted by atomic mass is 10.3. The number of benzene rings is 1. The van der Waals surface area contributed by atoms with Gasteiger partial charge in [0.05, 0.1) is 10.6 Å². The maximum atomic E-state index is 10.5. The molecule has 0 bridgehead atoms. The molecule has 0 radical (unpaired) electrons. The lowest BCUT2D eigenvalue weighted by Gasteiger charge is -2.03. The first-order valence-electron chi connectivity index (χ1n) is 5.51. The normalized spacial score (nSPS) is 10.7. The lowest BCUT2D eigenvalue weighted by molar-refractivity contribution is -0.384. The van der Waals surface area contributed by atoms with Crippen molar-refractivity contribution in [3.8, 4) is 5.75 Å². The summed E-state index contributed by atoms with van der Waals surface area (Å²) >= 11 is 1.56. The van der Waals surface area contributed by atoms with Crippen molar-refractivity contribution < 1.29 is 9.66 Å². The van der Waals surface area contributed by atoms with E-state index in [1.807, 2.05) is 22.2 Å². The molecule has 0 atom stereocenters. The van der Waals surface area contributed by atoms with Gasteiger partial charge in [-0.1, -0.05) is 0 Å². The van der Waals surface area contributed by atoms with Crippen LogP contribution in [0.5, 0.6) is 5.75 Å². The summed E-state index contributed by atoms with van der Waals surface area (Å²) in [4.78, 5) is 15.4. The Labute approximate surface area is 112 Å². The van der Waals surface area contributed by atoms with Crippen molar-refractivity contribution in [3.05, 3.63) is 57.8 Å². The van der Waals surface area contributed by atoms with Crippen LogP contribution in [0, 0.1) is 10.1 Å². The fourth-order valence-electron chi connectivity index (χ4n) is 1.67. The quantitative estimate of drug-likeness (QED) is 0.542. The summed E-state index contributed by atoms with van der Waals surface area (Å²) < 4.78 is 7.46. The van der Waals surface area contributed by atoms with Crippen molar-refractivity contribution in [3.63, 3.8) is 0 Å². The fourth-order valence-corrected chi connectivity index (χ4v) is 2.39. The predicted octanol–water partition coefficient (Wildman–Crippen LogP) is 2.88. The van der Waals surface area contributed by atoms with Gasteiger partial charge in [0.15, 0.2) is 4.96 Å². The second-order valence-electron chi connectivity index (χ2n) is 3.86. The van der Waals surface area contributed by atoms with Crippen LogP contribution in [0.1, 0.15) is 5.69 Å². The molecule has 1 aromatic carbocycles. The summed E-state index contributed by atoms with van der Waals surface area (Å²) in [6.45, 7) is 0.339. The average molecular weight is 275 g/mol. The van der Waals surface area contributed by atoms with Crippen LogP contribution in [-0.4, -0.2) is 14.3 Å². The van der Waals surface area contributed by atoms with Crippen molar-refractivity contribution in [2.45, 2.75) is 6.61 Å². The molecule has 3 rings (SSSR count). The van der Waals surface area contributed by atoms with Gasteiger partial charge in [0.2, 0.25) is 0 Å². The number of fused-ring (bicyclic) bond motifs is 1. The molecule has 7 heteroatoms. The number of hydrogen-bond acceptors (Lipinski definition) is 5. The van der Waals surface area contributed by atoms with Crippen molar-refractivity contribution >= 4 is 22.0 Å². The number of hydrogen-bond donors (Lipinski definition) is 0. The van der Waals surface area contributed by atoms with Crippen LogP contribution < -0.4 is 4.74 Å². The molecule has 0 saturated heterocycles. The number of aromatic nitrogens is 2. The van der Waals surface area contributed by atoms with Crippen LogP contribution in [0.4, 0.5) is 5.69 Å². The first-order valence-corrected chi connectivity index (χ1v) is 6.39. The Bertz CT molecular complexity index is 689. The molecule has 0 aliphatic heterocycles. The second kappa shape index (κ2) is 4.69. The Morgan fingerprint density at radius 2 is 2.16 bits per heavy atom. The minimum absolute atomic E-state index is 0.0508. The van der Waals surface area contributed by atoms with E-state index >= 15 is 0 Å². The van der Waals surface area contributed by atoms with Crippen molar-refractivity contribution in [1.82, 2.24) is 9.38 Å². The van der Waals surface area contributed by atoms with Crippen molar-refractivity contribution in [2.75, 3.05) is 0 Å². The number of nitro benzene ring substituents is 1. The maximum Gasteiger partial charge on any atom is 0.269 e. The van der Waals surface area contributed by atoms with Crippen LogP contribution in [0.3, 0.4) is 0 Å². The van der Waals surface area contributed by atoms with Gasteiger partial charge in [0.25, 0.3) is 5.69 Å².